The Morgan fingerprint density at radius 1 is 0.412 bits per heavy atom. The van der Waals surface area contributed by atoms with Crippen LogP contribution in [0.3, 0.4) is 0 Å². The molecule has 0 aromatic rings. The van der Waals surface area contributed by atoms with E-state index in [9.17, 15) is 43.2 Å². The van der Waals surface area contributed by atoms with Crippen molar-refractivity contribution < 1.29 is 226 Å². The van der Waals surface area contributed by atoms with Gasteiger partial charge < -0.3 is 76.4 Å². The van der Waals surface area contributed by atoms with Crippen LogP contribution in [-0.2, 0) is 53.5 Å². The minimum Gasteiger partial charge on any atom is -0.907 e. The smallest absolute Gasteiger partial charge is 0.907 e. The fraction of sp³-hybridized carbons (Fsp3) is 0.500. The first kappa shape index (κ1) is 67.1. The first-order valence-corrected chi connectivity index (χ1v) is 12.3. The number of carboxylic acid groups (broad SMARTS) is 9. The average molecular weight is 802 g/mol. The minimum absolute atomic E-state index is 0. The number of carbonyl (C=O) groups is 9. The summed E-state index contributed by atoms with van der Waals surface area (Å²) < 4.78 is 31.6. The molecular formula is C18H26BNa3O28S. The Labute approximate surface area is 349 Å². The standard InChI is InChI=1S/3C6H8O7.BO3.3Na.H2O4S/c3*7-3(8)1-6(13,5(11)12)2-4(9)10;2-1(3)4;;;;1-5(2,3)4/h3*13H,1-2H2,(H,7,8)(H,9,10)(H,11,12);;;;;(H2,1,2,3,4)/q;;;-3;3*+1;. The number of hydrogen-bond acceptors (Lipinski definition) is 17. The molecule has 0 rings (SSSR count). The molecule has 0 spiro atoms. The third kappa shape index (κ3) is 47.9. The van der Waals surface area contributed by atoms with E-state index in [2.05, 4.69) is 0 Å². The largest absolute Gasteiger partial charge is 1.00 e. The Morgan fingerprint density at radius 3 is 0.529 bits per heavy atom. The first-order valence-electron chi connectivity index (χ1n) is 10.9. The van der Waals surface area contributed by atoms with Crippen LogP contribution in [0, 0.1) is 0 Å². The Hall–Kier alpha value is -2.08. The Kier molecular flexibility index (Phi) is 41.4. The van der Waals surface area contributed by atoms with Crippen molar-refractivity contribution in [2.75, 3.05) is 0 Å². The quantitative estimate of drug-likeness (QED) is 0.0540. The van der Waals surface area contributed by atoms with Gasteiger partial charge in [0.15, 0.2) is 16.8 Å². The summed E-state index contributed by atoms with van der Waals surface area (Å²) in [5, 5.41) is 127. The van der Waals surface area contributed by atoms with E-state index >= 15 is 0 Å². The van der Waals surface area contributed by atoms with Crippen LogP contribution < -0.4 is 104 Å². The summed E-state index contributed by atoms with van der Waals surface area (Å²) in [5.74, 6) is -15.1. The van der Waals surface area contributed by atoms with Gasteiger partial charge in [-0.25, -0.2) is 14.4 Å². The van der Waals surface area contributed by atoms with Crippen molar-refractivity contribution in [1.29, 1.82) is 0 Å². The monoisotopic (exact) mass is 802 g/mol. The van der Waals surface area contributed by atoms with Crippen LogP contribution in [0.1, 0.15) is 38.5 Å². The van der Waals surface area contributed by atoms with Crippen LogP contribution in [-0.4, -0.2) is 157 Å². The van der Waals surface area contributed by atoms with E-state index in [0.29, 0.717) is 0 Å². The molecule has 278 valence electrons. The number of hydrogen-bond donors (Lipinski definition) is 14. The molecule has 0 amide bonds. The molecule has 0 aliphatic rings. The molecule has 0 saturated carbocycles. The predicted molar refractivity (Wildman–Crippen MR) is 131 cm³/mol. The van der Waals surface area contributed by atoms with E-state index < -0.39 is 127 Å². The van der Waals surface area contributed by atoms with Gasteiger partial charge in [0, 0.05) is 0 Å². The van der Waals surface area contributed by atoms with Crippen molar-refractivity contribution in [2.24, 2.45) is 0 Å². The zero-order valence-corrected chi connectivity index (χ0v) is 33.0. The summed E-state index contributed by atoms with van der Waals surface area (Å²) in [4.78, 5) is 91.5. The number of aliphatic hydroxyl groups is 3. The topological polar surface area (TPSA) is 540 Å². The molecule has 0 radical (unpaired) electrons. The molecule has 0 fully saturated rings. The van der Waals surface area contributed by atoms with Gasteiger partial charge in [-0.15, -0.1) is 0 Å². The van der Waals surface area contributed by atoms with Crippen molar-refractivity contribution in [3.63, 3.8) is 0 Å². The van der Waals surface area contributed by atoms with Crippen LogP contribution >= 0.6 is 0 Å². The summed E-state index contributed by atoms with van der Waals surface area (Å²) in [6, 6.07) is 0. The van der Waals surface area contributed by atoms with Gasteiger partial charge in [-0.1, -0.05) is 0 Å². The second-order valence-corrected chi connectivity index (χ2v) is 9.07. The molecule has 33 heteroatoms. The Balaban J connectivity index is -0.0000000787. The van der Waals surface area contributed by atoms with Crippen LogP contribution in [0.5, 0.6) is 0 Å². The Bertz CT molecular complexity index is 1090. The second kappa shape index (κ2) is 31.5. The van der Waals surface area contributed by atoms with E-state index in [-0.39, 0.29) is 88.7 Å². The molecule has 0 aliphatic carbocycles. The van der Waals surface area contributed by atoms with Gasteiger partial charge in [-0.3, -0.25) is 45.2 Å². The zero-order valence-electron chi connectivity index (χ0n) is 26.2. The molecule has 14 N–H and O–H groups in total. The number of carboxylic acids is 9. The summed E-state index contributed by atoms with van der Waals surface area (Å²) in [7, 11) is -7.58. The molecule has 0 bridgehead atoms. The van der Waals surface area contributed by atoms with Crippen molar-refractivity contribution in [1.82, 2.24) is 0 Å². The maximum Gasteiger partial charge on any atom is 1.00 e. The number of aliphatic carboxylic acids is 9. The van der Waals surface area contributed by atoms with E-state index in [1.54, 1.807) is 0 Å². The van der Waals surface area contributed by atoms with E-state index in [1.165, 1.54) is 0 Å². The van der Waals surface area contributed by atoms with Gasteiger partial charge in [-0.05, 0) is 0 Å². The second-order valence-electron chi connectivity index (χ2n) is 8.17. The van der Waals surface area contributed by atoms with Gasteiger partial charge >= 0.3 is 153 Å². The molecule has 0 unspecified atom stereocenters. The maximum absolute atomic E-state index is 10.3. The molecule has 0 aromatic carbocycles. The zero-order chi connectivity index (χ0) is 40.0. The number of rotatable bonds is 15. The normalized spacial score (nSPS) is 9.96. The van der Waals surface area contributed by atoms with Gasteiger partial charge in [0.1, 0.15) is 0 Å². The van der Waals surface area contributed by atoms with Crippen LogP contribution in [0.25, 0.3) is 0 Å². The van der Waals surface area contributed by atoms with Gasteiger partial charge in [0.05, 0.1) is 38.5 Å². The summed E-state index contributed by atoms with van der Waals surface area (Å²) >= 11 is 0. The molecule has 0 aliphatic heterocycles. The fourth-order valence-corrected chi connectivity index (χ4v) is 2.14. The molecule has 0 heterocycles. The van der Waals surface area contributed by atoms with Crippen LogP contribution in [0.4, 0.5) is 0 Å². The van der Waals surface area contributed by atoms with Gasteiger partial charge in [-0.2, -0.15) is 8.42 Å². The SMILES string of the molecule is O=C(O)CC(O)(CC(=O)O)C(=O)O.O=C(O)CC(O)(CC(=O)O)C(=O)O.O=C(O)CC(O)(CC(=O)O)C(=O)O.O=S(=O)(O)O.[Na+].[Na+].[Na+].[O-]B([O-])[O-]. The predicted octanol–water partition coefficient (Wildman–Crippen LogP) is -17.3. The molecule has 51 heavy (non-hydrogen) atoms. The average Bonchev–Trinajstić information content (AvgIpc) is 2.74. The third-order valence-corrected chi connectivity index (χ3v) is 3.86. The summed E-state index contributed by atoms with van der Waals surface area (Å²) in [6.45, 7) is 0. The van der Waals surface area contributed by atoms with Crippen molar-refractivity contribution in [3.05, 3.63) is 0 Å². The maximum atomic E-state index is 10.3. The van der Waals surface area contributed by atoms with Crippen molar-refractivity contribution >= 4 is 71.4 Å². The van der Waals surface area contributed by atoms with E-state index in [1.807, 2.05) is 0 Å². The van der Waals surface area contributed by atoms with Crippen LogP contribution in [0.2, 0.25) is 0 Å². The first-order chi connectivity index (χ1) is 21.1. The van der Waals surface area contributed by atoms with Crippen molar-refractivity contribution in [2.45, 2.75) is 55.3 Å². The van der Waals surface area contributed by atoms with Gasteiger partial charge in [0.25, 0.3) is 0 Å². The van der Waals surface area contributed by atoms with Gasteiger partial charge in [0.2, 0.25) is 0 Å². The molecule has 0 aromatic heterocycles. The van der Waals surface area contributed by atoms with E-state index in [0.717, 1.165) is 0 Å². The van der Waals surface area contributed by atoms with Crippen LogP contribution in [0.15, 0.2) is 0 Å². The molecular weight excluding hydrogens is 776 g/mol. The van der Waals surface area contributed by atoms with E-state index in [4.69, 9.17) is 93.9 Å². The summed E-state index contributed by atoms with van der Waals surface area (Å²) in [6.07, 6.45) is -6.87. The Morgan fingerprint density at radius 2 is 0.490 bits per heavy atom. The fourth-order valence-electron chi connectivity index (χ4n) is 2.14. The minimum atomic E-state index is -4.67. The molecule has 0 saturated heterocycles. The molecule has 28 nitrogen and oxygen atoms in total. The molecule has 0 atom stereocenters. The van der Waals surface area contributed by atoms with Crippen molar-refractivity contribution in [3.8, 4) is 0 Å². The third-order valence-electron chi connectivity index (χ3n) is 3.86. The summed E-state index contributed by atoms with van der Waals surface area (Å²) in [5.41, 5.74) is -8.22.